The first-order valence-electron chi connectivity index (χ1n) is 5.35. The Morgan fingerprint density at radius 1 is 1.47 bits per heavy atom. The third-order valence-electron chi connectivity index (χ3n) is 2.40. The molecule has 0 saturated carbocycles. The summed E-state index contributed by atoms with van der Waals surface area (Å²) in [5.41, 5.74) is 0.218. The molecular weight excluding hydrogens is 332 g/mol. The van der Waals surface area contributed by atoms with Gasteiger partial charge in [0.25, 0.3) is 5.91 Å². The highest BCUT2D eigenvalue weighted by Crippen LogP contribution is 2.20. The SMILES string of the molecule is C#CCN(CC)C(=O)c1cc(Br)cc(S(N)(=O)=O)c1. The van der Waals surface area contributed by atoms with Crippen LogP contribution in [0, 0.1) is 12.3 Å². The van der Waals surface area contributed by atoms with E-state index in [1.54, 1.807) is 6.92 Å². The number of rotatable bonds is 4. The molecule has 0 radical (unpaired) electrons. The molecular formula is C12H13BrN2O3S. The van der Waals surface area contributed by atoms with Gasteiger partial charge in [-0.3, -0.25) is 4.79 Å². The monoisotopic (exact) mass is 344 g/mol. The van der Waals surface area contributed by atoms with Crippen molar-refractivity contribution in [1.82, 2.24) is 4.90 Å². The lowest BCUT2D eigenvalue weighted by Gasteiger charge is -2.18. The first kappa shape index (κ1) is 15.7. The number of sulfonamides is 1. The lowest BCUT2D eigenvalue weighted by molar-refractivity contribution is 0.0784. The van der Waals surface area contributed by atoms with E-state index in [0.717, 1.165) is 0 Å². The minimum Gasteiger partial charge on any atom is -0.328 e. The van der Waals surface area contributed by atoms with Crippen molar-refractivity contribution in [3.8, 4) is 12.3 Å². The van der Waals surface area contributed by atoms with Crippen LogP contribution in [-0.4, -0.2) is 32.3 Å². The molecule has 0 aliphatic heterocycles. The molecule has 1 aromatic carbocycles. The molecule has 102 valence electrons. The van der Waals surface area contributed by atoms with Gasteiger partial charge in [-0.2, -0.15) is 0 Å². The Hall–Kier alpha value is -1.36. The van der Waals surface area contributed by atoms with Gasteiger partial charge < -0.3 is 4.90 Å². The molecule has 0 unspecified atom stereocenters. The van der Waals surface area contributed by atoms with Crippen molar-refractivity contribution < 1.29 is 13.2 Å². The fourth-order valence-electron chi connectivity index (χ4n) is 1.47. The first-order chi connectivity index (χ1) is 8.79. The van der Waals surface area contributed by atoms with Crippen LogP contribution >= 0.6 is 15.9 Å². The smallest absolute Gasteiger partial charge is 0.254 e. The molecule has 0 aliphatic carbocycles. The number of primary sulfonamides is 1. The van der Waals surface area contributed by atoms with E-state index in [1.807, 2.05) is 0 Å². The van der Waals surface area contributed by atoms with E-state index in [1.165, 1.54) is 23.1 Å². The zero-order chi connectivity index (χ0) is 14.6. The molecule has 0 aliphatic rings. The predicted molar refractivity (Wildman–Crippen MR) is 75.9 cm³/mol. The van der Waals surface area contributed by atoms with E-state index in [9.17, 15) is 13.2 Å². The molecule has 0 fully saturated rings. The lowest BCUT2D eigenvalue weighted by atomic mass is 10.2. The van der Waals surface area contributed by atoms with Gasteiger partial charge in [-0.25, -0.2) is 13.6 Å². The van der Waals surface area contributed by atoms with Gasteiger partial charge >= 0.3 is 0 Å². The van der Waals surface area contributed by atoms with Crippen LogP contribution in [-0.2, 0) is 10.0 Å². The van der Waals surface area contributed by atoms with Crippen molar-refractivity contribution >= 4 is 31.9 Å². The number of benzene rings is 1. The van der Waals surface area contributed by atoms with E-state index in [0.29, 0.717) is 11.0 Å². The van der Waals surface area contributed by atoms with E-state index < -0.39 is 10.0 Å². The quantitative estimate of drug-likeness (QED) is 0.833. The van der Waals surface area contributed by atoms with Gasteiger partial charge in [0.1, 0.15) is 0 Å². The number of nitrogens with zero attached hydrogens (tertiary/aromatic N) is 1. The van der Waals surface area contributed by atoms with Crippen molar-refractivity contribution in [2.24, 2.45) is 5.14 Å². The third-order valence-corrected chi connectivity index (χ3v) is 3.75. The van der Waals surface area contributed by atoms with Gasteiger partial charge in [0.05, 0.1) is 11.4 Å². The molecule has 0 heterocycles. The zero-order valence-corrected chi connectivity index (χ0v) is 12.7. The topological polar surface area (TPSA) is 80.5 Å². The second-order valence-corrected chi connectivity index (χ2v) is 6.22. The van der Waals surface area contributed by atoms with Crippen LogP contribution < -0.4 is 5.14 Å². The van der Waals surface area contributed by atoms with Crippen molar-refractivity contribution in [3.63, 3.8) is 0 Å². The van der Waals surface area contributed by atoms with Crippen molar-refractivity contribution in [1.29, 1.82) is 0 Å². The Bertz CT molecular complexity index is 635. The minimum absolute atomic E-state index is 0.123. The molecule has 2 N–H and O–H groups in total. The van der Waals surface area contributed by atoms with Gasteiger partial charge in [-0.15, -0.1) is 6.42 Å². The van der Waals surface area contributed by atoms with Crippen molar-refractivity contribution in [3.05, 3.63) is 28.2 Å². The summed E-state index contributed by atoms with van der Waals surface area (Å²) in [6, 6.07) is 4.10. The normalized spacial score (nSPS) is 10.8. The maximum atomic E-state index is 12.2. The largest absolute Gasteiger partial charge is 0.328 e. The van der Waals surface area contributed by atoms with Gasteiger partial charge in [0.2, 0.25) is 10.0 Å². The number of amides is 1. The average molecular weight is 345 g/mol. The minimum atomic E-state index is -3.87. The van der Waals surface area contributed by atoms with Crippen LogP contribution in [0.2, 0.25) is 0 Å². The van der Waals surface area contributed by atoms with Crippen LogP contribution in [0.5, 0.6) is 0 Å². The number of hydrogen-bond donors (Lipinski definition) is 1. The molecule has 19 heavy (non-hydrogen) atoms. The van der Waals surface area contributed by atoms with Crippen LogP contribution in [0.15, 0.2) is 27.6 Å². The van der Waals surface area contributed by atoms with Gasteiger partial charge in [0, 0.05) is 16.6 Å². The molecule has 0 aromatic heterocycles. The van der Waals surface area contributed by atoms with E-state index in [-0.39, 0.29) is 22.9 Å². The van der Waals surface area contributed by atoms with E-state index in [2.05, 4.69) is 21.9 Å². The fourth-order valence-corrected chi connectivity index (χ4v) is 2.70. The zero-order valence-electron chi connectivity index (χ0n) is 10.3. The Morgan fingerprint density at radius 3 is 2.58 bits per heavy atom. The van der Waals surface area contributed by atoms with E-state index in [4.69, 9.17) is 11.6 Å². The maximum Gasteiger partial charge on any atom is 0.254 e. The number of nitrogens with two attached hydrogens (primary N) is 1. The summed E-state index contributed by atoms with van der Waals surface area (Å²) < 4.78 is 23.1. The Balaban J connectivity index is 3.25. The van der Waals surface area contributed by atoms with Crippen LogP contribution in [0.1, 0.15) is 17.3 Å². The summed E-state index contributed by atoms with van der Waals surface area (Å²) in [7, 11) is -3.87. The predicted octanol–water partition coefficient (Wildman–Crippen LogP) is 1.19. The molecule has 1 amide bonds. The standard InChI is InChI=1S/C12H13BrN2O3S/c1-3-5-15(4-2)12(16)9-6-10(13)8-11(7-9)19(14,17)18/h1,6-8H,4-5H2,2H3,(H2,14,17,18). The Labute approximate surface area is 121 Å². The number of terminal acetylenes is 1. The lowest BCUT2D eigenvalue weighted by Crippen LogP contribution is -2.31. The summed E-state index contributed by atoms with van der Waals surface area (Å²) in [6.45, 7) is 2.38. The van der Waals surface area contributed by atoms with Crippen LogP contribution in [0.25, 0.3) is 0 Å². The van der Waals surface area contributed by atoms with Crippen molar-refractivity contribution in [2.75, 3.05) is 13.1 Å². The third kappa shape index (κ3) is 4.06. The second kappa shape index (κ2) is 6.19. The average Bonchev–Trinajstić information content (AvgIpc) is 2.33. The highest BCUT2D eigenvalue weighted by molar-refractivity contribution is 9.10. The number of carbonyl (C=O) groups excluding carboxylic acids is 1. The summed E-state index contributed by atoms with van der Waals surface area (Å²) in [5, 5.41) is 5.06. The van der Waals surface area contributed by atoms with Gasteiger partial charge in [-0.1, -0.05) is 21.9 Å². The fraction of sp³-hybridized carbons (Fsp3) is 0.250. The van der Waals surface area contributed by atoms with E-state index >= 15 is 0 Å². The molecule has 0 atom stereocenters. The molecule has 1 aromatic rings. The molecule has 5 nitrogen and oxygen atoms in total. The number of hydrogen-bond acceptors (Lipinski definition) is 3. The van der Waals surface area contributed by atoms with Crippen LogP contribution in [0.4, 0.5) is 0 Å². The molecule has 1 rings (SSSR count). The Morgan fingerprint density at radius 2 is 2.11 bits per heavy atom. The number of carbonyl (C=O) groups is 1. The molecule has 0 saturated heterocycles. The first-order valence-corrected chi connectivity index (χ1v) is 7.69. The van der Waals surface area contributed by atoms with Gasteiger partial charge in [-0.05, 0) is 25.1 Å². The van der Waals surface area contributed by atoms with Crippen molar-refractivity contribution in [2.45, 2.75) is 11.8 Å². The summed E-state index contributed by atoms with van der Waals surface area (Å²) in [5.74, 6) is 2.04. The van der Waals surface area contributed by atoms with Gasteiger partial charge in [0.15, 0.2) is 0 Å². The summed E-state index contributed by atoms with van der Waals surface area (Å²) in [6.07, 6.45) is 5.18. The Kier molecular flexibility index (Phi) is 5.11. The summed E-state index contributed by atoms with van der Waals surface area (Å²) in [4.78, 5) is 13.5. The highest BCUT2D eigenvalue weighted by Gasteiger charge is 2.17. The molecule has 0 bridgehead atoms. The second-order valence-electron chi connectivity index (χ2n) is 3.74. The van der Waals surface area contributed by atoms with Crippen LogP contribution in [0.3, 0.4) is 0 Å². The maximum absolute atomic E-state index is 12.2. The number of halogens is 1. The highest BCUT2D eigenvalue weighted by atomic mass is 79.9. The summed E-state index contributed by atoms with van der Waals surface area (Å²) >= 11 is 3.15. The molecule has 0 spiro atoms. The molecule has 7 heteroatoms.